The third-order valence-electron chi connectivity index (χ3n) is 1.28. The van der Waals surface area contributed by atoms with Crippen LogP contribution in [0.4, 0.5) is 0 Å². The number of hydrogen-bond acceptors (Lipinski definition) is 3. The predicted octanol–water partition coefficient (Wildman–Crippen LogP) is -3.12. The van der Waals surface area contributed by atoms with Crippen LogP contribution in [0.15, 0.2) is 12.7 Å². The van der Waals surface area contributed by atoms with Gasteiger partial charge < -0.3 is 16.7 Å². The molecule has 4 nitrogen and oxygen atoms in total. The Morgan fingerprint density at radius 1 is 1.58 bits per heavy atom. The fraction of sp³-hybridized carbons (Fsp3) is 0.571. The quantitative estimate of drug-likeness (QED) is 0.312. The molecule has 0 amide bonds. The van der Waals surface area contributed by atoms with Crippen LogP contribution in [0.1, 0.15) is 14.3 Å². The number of carboxylic acids is 1. The van der Waals surface area contributed by atoms with Gasteiger partial charge in [0.15, 0.2) is 6.10 Å². The van der Waals surface area contributed by atoms with Crippen LogP contribution >= 0.6 is 0 Å². The summed E-state index contributed by atoms with van der Waals surface area (Å²) in [6.07, 6.45) is -0.624. The third-order valence-corrected chi connectivity index (χ3v) is 1.28. The Balaban J connectivity index is -0.000000500. The van der Waals surface area contributed by atoms with E-state index in [1.165, 1.54) is 0 Å². The van der Waals surface area contributed by atoms with Crippen LogP contribution in [0, 0.1) is 0 Å². The molecule has 2 unspecified atom stereocenters. The Bertz CT molecular complexity index is 153. The molecule has 0 aromatic carbocycles. The molecule has 12 heavy (non-hydrogen) atoms. The van der Waals surface area contributed by atoms with Gasteiger partial charge in [0, 0.05) is 0 Å². The number of allylic oxidation sites excluding steroid dienone is 1. The molecule has 0 heterocycles. The van der Waals surface area contributed by atoms with Crippen molar-refractivity contribution in [2.45, 2.75) is 25.0 Å². The molecule has 66 valence electrons. The van der Waals surface area contributed by atoms with Gasteiger partial charge in [-0.3, -0.25) is 0 Å². The molecule has 0 aliphatic heterocycles. The summed E-state index contributed by atoms with van der Waals surface area (Å²) in [5.74, 6) is -1.40. The van der Waals surface area contributed by atoms with Crippen molar-refractivity contribution in [3.05, 3.63) is 12.7 Å². The van der Waals surface area contributed by atoms with E-state index < -0.39 is 18.2 Å². The fourth-order valence-electron chi connectivity index (χ4n) is 0.611. The van der Waals surface area contributed by atoms with E-state index in [9.17, 15) is 4.79 Å². The monoisotopic (exact) mass is 184 g/mol. The molecule has 0 radical (unpaired) electrons. The van der Waals surface area contributed by atoms with Gasteiger partial charge in [0.25, 0.3) is 0 Å². The average molecular weight is 184 g/mol. The van der Waals surface area contributed by atoms with Crippen LogP contribution in [-0.2, 0) is 4.79 Å². The van der Waals surface area contributed by atoms with Gasteiger partial charge in [0.2, 0.25) is 0 Å². The zero-order valence-electron chi connectivity index (χ0n) is 8.10. The summed E-state index contributed by atoms with van der Waals surface area (Å²) in [4.78, 5) is 10.1. The Labute approximate surface area is 94.7 Å². The molecule has 5 heteroatoms. The van der Waals surface area contributed by atoms with Crippen LogP contribution in [0.2, 0.25) is 0 Å². The van der Waals surface area contributed by atoms with Crippen molar-refractivity contribution in [1.29, 1.82) is 0 Å². The predicted molar refractivity (Wildman–Crippen MR) is 40.2 cm³/mol. The zero-order valence-corrected chi connectivity index (χ0v) is 9.10. The van der Waals surface area contributed by atoms with Gasteiger partial charge in [-0.05, 0) is 12.8 Å². The minimum Gasteiger partial charge on any atom is -1.00 e. The molecule has 0 bridgehead atoms. The molecule has 0 spiro atoms. The standard InChI is InChI=1S/C7H12O4.Na.H/c1-2-3-4-5(8)6(9)7(10)11;;/h2,5-6,8-9H,1,3-4H2,(H,10,11);;/q;+1;-1. The van der Waals surface area contributed by atoms with E-state index in [0.29, 0.717) is 6.42 Å². The molecule has 0 fully saturated rings. The first-order valence-electron chi connectivity index (χ1n) is 3.29. The average Bonchev–Trinajstić information content (AvgIpc) is 1.98. The molecule has 3 N–H and O–H groups in total. The number of hydrogen-bond donors (Lipinski definition) is 3. The van der Waals surface area contributed by atoms with Gasteiger partial charge in [-0.15, -0.1) is 6.58 Å². The van der Waals surface area contributed by atoms with Crippen LogP contribution in [0.3, 0.4) is 0 Å². The van der Waals surface area contributed by atoms with E-state index in [1.54, 1.807) is 6.08 Å². The zero-order chi connectivity index (χ0) is 8.85. The maximum absolute atomic E-state index is 10.1. The minimum absolute atomic E-state index is 0. The molecule has 0 rings (SSSR count). The summed E-state index contributed by atoms with van der Waals surface area (Å²) >= 11 is 0. The summed E-state index contributed by atoms with van der Waals surface area (Å²) in [6.45, 7) is 3.40. The Hall–Kier alpha value is 0.130. The van der Waals surface area contributed by atoms with Crippen LogP contribution < -0.4 is 29.6 Å². The van der Waals surface area contributed by atoms with Crippen molar-refractivity contribution in [2.75, 3.05) is 0 Å². The number of aliphatic carboxylic acids is 1. The van der Waals surface area contributed by atoms with E-state index in [4.69, 9.17) is 15.3 Å². The van der Waals surface area contributed by atoms with Gasteiger partial charge in [-0.2, -0.15) is 0 Å². The SMILES string of the molecule is C=CCCC(O)C(O)C(=O)O.[H-].[Na+]. The Morgan fingerprint density at radius 2 is 2.08 bits per heavy atom. The smallest absolute Gasteiger partial charge is 1.00 e. The molecule has 0 saturated carbocycles. The number of aliphatic hydroxyl groups excluding tert-OH is 2. The van der Waals surface area contributed by atoms with E-state index in [0.717, 1.165) is 0 Å². The second-order valence-electron chi connectivity index (χ2n) is 2.22. The number of carboxylic acid groups (broad SMARTS) is 1. The van der Waals surface area contributed by atoms with Gasteiger partial charge in [0.05, 0.1) is 6.10 Å². The second-order valence-corrected chi connectivity index (χ2v) is 2.22. The van der Waals surface area contributed by atoms with Crippen molar-refractivity contribution in [3.8, 4) is 0 Å². The third kappa shape index (κ3) is 5.74. The fourth-order valence-corrected chi connectivity index (χ4v) is 0.611. The first kappa shape index (κ1) is 14.6. The Morgan fingerprint density at radius 3 is 2.42 bits per heavy atom. The summed E-state index contributed by atoms with van der Waals surface area (Å²) in [5.41, 5.74) is 0. The van der Waals surface area contributed by atoms with Crippen LogP contribution in [-0.4, -0.2) is 33.5 Å². The maximum atomic E-state index is 10.1. The molecular weight excluding hydrogens is 171 g/mol. The summed E-state index contributed by atoms with van der Waals surface area (Å²) in [5, 5.41) is 25.9. The normalized spacial score (nSPS) is 14.2. The summed E-state index contributed by atoms with van der Waals surface area (Å²) in [7, 11) is 0. The second kappa shape index (κ2) is 7.76. The number of aliphatic hydroxyl groups is 2. The first-order valence-corrected chi connectivity index (χ1v) is 3.29. The molecule has 0 aliphatic rings. The summed E-state index contributed by atoms with van der Waals surface area (Å²) in [6, 6.07) is 0. The van der Waals surface area contributed by atoms with Crippen molar-refractivity contribution in [2.24, 2.45) is 0 Å². The molecule has 0 aliphatic carbocycles. The van der Waals surface area contributed by atoms with Crippen molar-refractivity contribution in [1.82, 2.24) is 0 Å². The molecular formula is C7H13NaO4. The number of carbonyl (C=O) groups is 1. The van der Waals surface area contributed by atoms with Crippen LogP contribution in [0.25, 0.3) is 0 Å². The molecule has 2 atom stereocenters. The summed E-state index contributed by atoms with van der Waals surface area (Å²) < 4.78 is 0. The van der Waals surface area contributed by atoms with E-state index >= 15 is 0 Å². The maximum Gasteiger partial charge on any atom is 1.00 e. The van der Waals surface area contributed by atoms with Crippen LogP contribution in [0.5, 0.6) is 0 Å². The molecule has 0 saturated heterocycles. The van der Waals surface area contributed by atoms with Gasteiger partial charge in [-0.25, -0.2) is 4.79 Å². The van der Waals surface area contributed by atoms with Crippen molar-refractivity contribution >= 4 is 5.97 Å². The van der Waals surface area contributed by atoms with Crippen molar-refractivity contribution < 1.29 is 51.1 Å². The first-order chi connectivity index (χ1) is 5.09. The van der Waals surface area contributed by atoms with Gasteiger partial charge in [-0.1, -0.05) is 6.08 Å². The van der Waals surface area contributed by atoms with Gasteiger partial charge in [0.1, 0.15) is 0 Å². The van der Waals surface area contributed by atoms with E-state index in [2.05, 4.69) is 6.58 Å². The molecule has 0 aromatic heterocycles. The van der Waals surface area contributed by atoms with Gasteiger partial charge >= 0.3 is 35.5 Å². The van der Waals surface area contributed by atoms with E-state index in [-0.39, 0.29) is 37.4 Å². The Kier molecular flexibility index (Phi) is 9.47. The topological polar surface area (TPSA) is 77.8 Å². The number of rotatable bonds is 5. The molecule has 0 aromatic rings. The minimum atomic E-state index is -1.69. The van der Waals surface area contributed by atoms with E-state index in [1.807, 2.05) is 0 Å². The largest absolute Gasteiger partial charge is 1.00 e. The van der Waals surface area contributed by atoms with Crippen molar-refractivity contribution in [3.63, 3.8) is 0 Å².